The quantitative estimate of drug-likeness (QED) is 0.379. The highest BCUT2D eigenvalue weighted by molar-refractivity contribution is 5.89. The number of epoxide rings is 1. The Hall–Kier alpha value is -2.80. The van der Waals surface area contributed by atoms with Crippen molar-refractivity contribution in [3.8, 4) is 11.5 Å². The number of phenols is 1. The fraction of sp³-hybridized carbons (Fsp3) is 0.368. The molecule has 0 bridgehead atoms. The molecular weight excluding hydrogens is 340 g/mol. The van der Waals surface area contributed by atoms with Crippen molar-refractivity contribution >= 4 is 16.9 Å². The largest absolute Gasteiger partial charge is 0.502 e. The molecule has 1 aromatic carbocycles. The summed E-state index contributed by atoms with van der Waals surface area (Å²) in [6.07, 6.45) is 0.654. The minimum absolute atomic E-state index is 0.0888. The van der Waals surface area contributed by atoms with Crippen LogP contribution in [-0.2, 0) is 14.3 Å². The van der Waals surface area contributed by atoms with Crippen molar-refractivity contribution in [1.82, 2.24) is 0 Å². The topological polar surface area (TPSA) is 98.5 Å². The number of benzene rings is 1. The first-order valence-corrected chi connectivity index (χ1v) is 8.31. The molecule has 7 heteroatoms. The number of hydrogen-bond donors (Lipinski definition) is 1. The highest BCUT2D eigenvalue weighted by Gasteiger charge is 2.55. The minimum atomic E-state index is -0.546. The van der Waals surface area contributed by atoms with E-state index in [0.29, 0.717) is 23.8 Å². The first-order chi connectivity index (χ1) is 12.4. The number of ether oxygens (including phenoxy) is 3. The van der Waals surface area contributed by atoms with Crippen LogP contribution in [0.5, 0.6) is 11.5 Å². The summed E-state index contributed by atoms with van der Waals surface area (Å²) >= 11 is 0. The van der Waals surface area contributed by atoms with Crippen LogP contribution in [0.25, 0.3) is 11.0 Å². The molecule has 0 amide bonds. The number of phenolic OH excluding ortho intramolecular Hbond substituents is 1. The van der Waals surface area contributed by atoms with Gasteiger partial charge in [-0.05, 0) is 25.1 Å². The van der Waals surface area contributed by atoms with Gasteiger partial charge >= 0.3 is 11.6 Å². The zero-order valence-corrected chi connectivity index (χ0v) is 14.2. The lowest BCUT2D eigenvalue weighted by molar-refractivity contribution is -0.139. The molecule has 0 spiro atoms. The molecule has 7 nitrogen and oxygen atoms in total. The first kappa shape index (κ1) is 16.7. The third-order valence-electron chi connectivity index (χ3n) is 4.82. The Morgan fingerprint density at radius 3 is 2.81 bits per heavy atom. The Morgan fingerprint density at radius 2 is 2.08 bits per heavy atom. The number of fused-ring (bicyclic) bond motifs is 1. The normalized spacial score (nSPS) is 27.6. The lowest BCUT2D eigenvalue weighted by Crippen LogP contribution is -2.22. The van der Waals surface area contributed by atoms with Crippen LogP contribution in [-0.4, -0.2) is 35.5 Å². The monoisotopic (exact) mass is 358 g/mol. The number of aromatic hydroxyl groups is 1. The predicted molar refractivity (Wildman–Crippen MR) is 91.2 cm³/mol. The number of rotatable bonds is 5. The molecule has 3 unspecified atom stereocenters. The maximum Gasteiger partial charge on any atom is 0.336 e. The van der Waals surface area contributed by atoms with Crippen LogP contribution in [0.1, 0.15) is 19.8 Å². The third kappa shape index (κ3) is 2.94. The smallest absolute Gasteiger partial charge is 0.336 e. The van der Waals surface area contributed by atoms with E-state index in [-0.39, 0.29) is 41.9 Å². The van der Waals surface area contributed by atoms with Gasteiger partial charge in [0.2, 0.25) is 5.75 Å². The molecule has 2 saturated heterocycles. The summed E-state index contributed by atoms with van der Waals surface area (Å²) in [6, 6.07) is 6.17. The van der Waals surface area contributed by atoms with E-state index >= 15 is 0 Å². The molecule has 26 heavy (non-hydrogen) atoms. The lowest BCUT2D eigenvalue weighted by Gasteiger charge is -2.13. The van der Waals surface area contributed by atoms with Gasteiger partial charge in [0.05, 0.1) is 5.60 Å². The maximum absolute atomic E-state index is 11.4. The summed E-state index contributed by atoms with van der Waals surface area (Å²) in [5, 5.41) is 10.9. The van der Waals surface area contributed by atoms with Gasteiger partial charge in [0.1, 0.15) is 18.8 Å². The van der Waals surface area contributed by atoms with E-state index in [2.05, 4.69) is 6.58 Å². The van der Waals surface area contributed by atoms with Gasteiger partial charge in [-0.25, -0.2) is 9.59 Å². The van der Waals surface area contributed by atoms with Crippen molar-refractivity contribution in [2.75, 3.05) is 6.61 Å². The van der Waals surface area contributed by atoms with Gasteiger partial charge in [-0.1, -0.05) is 6.58 Å². The van der Waals surface area contributed by atoms with Crippen molar-refractivity contribution < 1.29 is 28.5 Å². The van der Waals surface area contributed by atoms with E-state index in [1.165, 1.54) is 6.07 Å². The first-order valence-electron chi connectivity index (χ1n) is 8.31. The Morgan fingerprint density at radius 1 is 1.31 bits per heavy atom. The van der Waals surface area contributed by atoms with Gasteiger partial charge in [0.25, 0.3) is 0 Å². The number of hydrogen-bond acceptors (Lipinski definition) is 7. The molecule has 0 radical (unpaired) electrons. The van der Waals surface area contributed by atoms with Crippen molar-refractivity contribution in [1.29, 1.82) is 0 Å². The number of cyclic esters (lactones) is 1. The SMILES string of the molecule is C=C1CC(CC2(C)OC2COc2ccc3ccc(=O)oc3c2O)OC1=O. The maximum atomic E-state index is 11.4. The predicted octanol–water partition coefficient (Wildman–Crippen LogP) is 2.30. The fourth-order valence-electron chi connectivity index (χ4n) is 3.26. The van der Waals surface area contributed by atoms with Crippen molar-refractivity contribution in [3.63, 3.8) is 0 Å². The molecule has 4 rings (SSSR count). The van der Waals surface area contributed by atoms with Gasteiger partial charge in [0.15, 0.2) is 11.3 Å². The van der Waals surface area contributed by atoms with Gasteiger partial charge < -0.3 is 23.7 Å². The Labute approximate surface area is 148 Å². The molecule has 0 aliphatic carbocycles. The molecule has 2 aliphatic heterocycles. The van der Waals surface area contributed by atoms with Crippen LogP contribution in [0, 0.1) is 0 Å². The molecule has 2 aromatic rings. The molecule has 1 N–H and O–H groups in total. The average Bonchev–Trinajstić information content (AvgIpc) is 3.12. The van der Waals surface area contributed by atoms with Crippen LogP contribution < -0.4 is 10.4 Å². The van der Waals surface area contributed by atoms with Crippen LogP contribution >= 0.6 is 0 Å². The highest BCUT2D eigenvalue weighted by atomic mass is 16.6. The van der Waals surface area contributed by atoms with E-state index in [1.54, 1.807) is 18.2 Å². The summed E-state index contributed by atoms with van der Waals surface area (Å²) in [5.74, 6) is -0.358. The fourth-order valence-corrected chi connectivity index (χ4v) is 3.26. The van der Waals surface area contributed by atoms with Crippen LogP contribution in [0.3, 0.4) is 0 Å². The molecule has 3 heterocycles. The Balaban J connectivity index is 1.40. The van der Waals surface area contributed by atoms with Gasteiger partial charge in [0, 0.05) is 29.9 Å². The second kappa shape index (κ2) is 5.88. The average molecular weight is 358 g/mol. The van der Waals surface area contributed by atoms with Crippen molar-refractivity contribution in [2.24, 2.45) is 0 Å². The van der Waals surface area contributed by atoms with Crippen molar-refractivity contribution in [2.45, 2.75) is 37.6 Å². The summed E-state index contributed by atoms with van der Waals surface area (Å²) < 4.78 is 21.6. The molecule has 1 aromatic heterocycles. The summed E-state index contributed by atoms with van der Waals surface area (Å²) in [6.45, 7) is 5.81. The molecule has 2 fully saturated rings. The zero-order valence-electron chi connectivity index (χ0n) is 14.2. The Bertz CT molecular complexity index is 944. The van der Waals surface area contributed by atoms with E-state index in [9.17, 15) is 14.7 Å². The van der Waals surface area contributed by atoms with Crippen LogP contribution in [0.15, 0.2) is 45.6 Å². The number of esters is 1. The highest BCUT2D eigenvalue weighted by Crippen LogP contribution is 2.43. The van der Waals surface area contributed by atoms with Gasteiger partial charge in [-0.2, -0.15) is 0 Å². The molecule has 2 aliphatic rings. The lowest BCUT2D eigenvalue weighted by atomic mass is 9.98. The molecule has 136 valence electrons. The Kier molecular flexibility index (Phi) is 3.77. The molecule has 3 atom stereocenters. The molecule has 0 saturated carbocycles. The van der Waals surface area contributed by atoms with Crippen LogP contribution in [0.2, 0.25) is 0 Å². The second-order valence-electron chi connectivity index (χ2n) is 6.85. The van der Waals surface area contributed by atoms with Crippen molar-refractivity contribution in [3.05, 3.63) is 46.8 Å². The zero-order chi connectivity index (χ0) is 18.5. The minimum Gasteiger partial charge on any atom is -0.502 e. The van der Waals surface area contributed by atoms with Crippen LogP contribution in [0.4, 0.5) is 0 Å². The summed E-state index contributed by atoms with van der Waals surface area (Å²) in [7, 11) is 0. The van der Waals surface area contributed by atoms with E-state index < -0.39 is 11.2 Å². The van der Waals surface area contributed by atoms with Gasteiger partial charge in [-0.15, -0.1) is 0 Å². The van der Waals surface area contributed by atoms with E-state index in [4.69, 9.17) is 18.6 Å². The van der Waals surface area contributed by atoms with E-state index in [0.717, 1.165) is 0 Å². The number of carbonyl (C=O) groups is 1. The van der Waals surface area contributed by atoms with E-state index in [1.807, 2.05) is 6.92 Å². The summed E-state index contributed by atoms with van der Waals surface area (Å²) in [5.41, 5.74) is -0.426. The summed E-state index contributed by atoms with van der Waals surface area (Å²) in [4.78, 5) is 22.7. The third-order valence-corrected chi connectivity index (χ3v) is 4.82. The standard InChI is InChI=1S/C19H18O7/c1-10-7-12(24-18(10)22)8-19(2)14(26-19)9-23-13-5-3-11-4-6-15(20)25-17(11)16(13)21/h3-6,12,14,21H,1,7-9H2,2H3. The number of carbonyl (C=O) groups excluding carboxylic acids is 1. The molecular formula is C19H18O7. The second-order valence-corrected chi connectivity index (χ2v) is 6.85. The van der Waals surface area contributed by atoms with Gasteiger partial charge in [-0.3, -0.25) is 0 Å².